The Kier molecular flexibility index (Phi) is 3.92. The first-order chi connectivity index (χ1) is 14.3. The minimum atomic E-state index is -0.864. The quantitative estimate of drug-likeness (QED) is 0.601. The van der Waals surface area contributed by atoms with E-state index in [9.17, 15) is 14.7 Å². The van der Waals surface area contributed by atoms with Gasteiger partial charge in [-0.1, -0.05) is 6.07 Å². The summed E-state index contributed by atoms with van der Waals surface area (Å²) < 4.78 is 1.58. The Morgan fingerprint density at radius 2 is 2.20 bits per heavy atom. The molecule has 10 heteroatoms. The number of hydrogen-bond donors (Lipinski definition) is 3. The van der Waals surface area contributed by atoms with Gasteiger partial charge in [-0.05, 0) is 44.4 Å². The average molecular weight is 407 g/mol. The lowest BCUT2D eigenvalue weighted by molar-refractivity contribution is -0.138. The van der Waals surface area contributed by atoms with Gasteiger partial charge < -0.3 is 20.6 Å². The number of fused-ring (bicyclic) bond motifs is 2. The van der Waals surface area contributed by atoms with Gasteiger partial charge in [0, 0.05) is 30.3 Å². The predicted octanol–water partition coefficient (Wildman–Crippen LogP) is 2.15. The Morgan fingerprint density at radius 1 is 1.37 bits per heavy atom. The van der Waals surface area contributed by atoms with Gasteiger partial charge in [-0.2, -0.15) is 4.98 Å². The summed E-state index contributed by atoms with van der Waals surface area (Å²) in [6, 6.07) is 5.04. The van der Waals surface area contributed by atoms with E-state index in [0.717, 1.165) is 23.4 Å². The lowest BCUT2D eigenvalue weighted by atomic mass is 9.86. The highest BCUT2D eigenvalue weighted by atomic mass is 16.4. The largest absolute Gasteiger partial charge is 0.480 e. The SMILES string of the molecule is CC1(C)C(=O)Nc2cc(Nc3nc4c(N5CCC[C@@H]5C(=O)O)nccn4n3)ccc21. The smallest absolute Gasteiger partial charge is 0.326 e. The number of nitrogens with zero attached hydrogens (tertiary/aromatic N) is 5. The summed E-state index contributed by atoms with van der Waals surface area (Å²) in [5.41, 5.74) is 2.38. The number of hydrogen-bond acceptors (Lipinski definition) is 7. The van der Waals surface area contributed by atoms with Crippen molar-refractivity contribution in [1.82, 2.24) is 19.6 Å². The number of benzene rings is 1. The lowest BCUT2D eigenvalue weighted by Crippen LogP contribution is -2.36. The Morgan fingerprint density at radius 3 is 3.00 bits per heavy atom. The Balaban J connectivity index is 1.47. The highest BCUT2D eigenvalue weighted by molar-refractivity contribution is 6.06. The molecule has 0 saturated carbocycles. The van der Waals surface area contributed by atoms with Crippen LogP contribution in [0.5, 0.6) is 0 Å². The van der Waals surface area contributed by atoms with Gasteiger partial charge in [-0.3, -0.25) is 4.79 Å². The molecule has 1 saturated heterocycles. The Bertz CT molecular complexity index is 1190. The molecule has 0 bridgehead atoms. The maximum atomic E-state index is 12.2. The van der Waals surface area contributed by atoms with Gasteiger partial charge in [0.1, 0.15) is 6.04 Å². The summed E-state index contributed by atoms with van der Waals surface area (Å²) in [6.07, 6.45) is 4.63. The van der Waals surface area contributed by atoms with Crippen molar-refractivity contribution in [3.05, 3.63) is 36.2 Å². The van der Waals surface area contributed by atoms with Crippen LogP contribution < -0.4 is 15.5 Å². The molecule has 0 aliphatic carbocycles. The monoisotopic (exact) mass is 407 g/mol. The minimum Gasteiger partial charge on any atom is -0.480 e. The summed E-state index contributed by atoms with van der Waals surface area (Å²) in [6.45, 7) is 4.39. The number of nitrogens with one attached hydrogen (secondary N) is 2. The van der Waals surface area contributed by atoms with E-state index < -0.39 is 17.4 Å². The van der Waals surface area contributed by atoms with E-state index in [1.165, 1.54) is 0 Å². The van der Waals surface area contributed by atoms with Crippen LogP contribution in [0.4, 0.5) is 23.1 Å². The molecule has 1 aromatic carbocycles. The highest BCUT2D eigenvalue weighted by Crippen LogP contribution is 2.39. The van der Waals surface area contributed by atoms with Crippen LogP contribution >= 0.6 is 0 Å². The van der Waals surface area contributed by atoms with Gasteiger partial charge in [-0.15, -0.1) is 5.10 Å². The van der Waals surface area contributed by atoms with Gasteiger partial charge in [0.25, 0.3) is 0 Å². The fourth-order valence-corrected chi connectivity index (χ4v) is 4.14. The molecule has 1 atom stereocenters. The molecule has 3 aromatic rings. The maximum absolute atomic E-state index is 12.2. The number of aromatic nitrogens is 4. The lowest BCUT2D eigenvalue weighted by Gasteiger charge is -2.22. The third kappa shape index (κ3) is 2.75. The molecule has 0 radical (unpaired) electrons. The molecule has 0 spiro atoms. The summed E-state index contributed by atoms with van der Waals surface area (Å²) in [7, 11) is 0. The highest BCUT2D eigenvalue weighted by Gasteiger charge is 2.38. The molecule has 30 heavy (non-hydrogen) atoms. The van der Waals surface area contributed by atoms with Crippen molar-refractivity contribution in [2.45, 2.75) is 38.1 Å². The number of carboxylic acid groups (broad SMARTS) is 1. The molecule has 1 amide bonds. The first kappa shape index (κ1) is 18.3. The molecule has 10 nitrogen and oxygen atoms in total. The number of carbonyl (C=O) groups excluding carboxylic acids is 1. The number of anilines is 4. The normalized spacial score (nSPS) is 19.7. The van der Waals surface area contributed by atoms with Gasteiger partial charge in [0.05, 0.1) is 5.41 Å². The molecule has 154 valence electrons. The number of carboxylic acids is 1. The van der Waals surface area contributed by atoms with E-state index >= 15 is 0 Å². The second-order valence-electron chi connectivity index (χ2n) is 8.11. The van der Waals surface area contributed by atoms with Crippen LogP contribution in [0, 0.1) is 0 Å². The van der Waals surface area contributed by atoms with E-state index in [1.807, 2.05) is 32.0 Å². The van der Waals surface area contributed by atoms with Crippen LogP contribution in [0.25, 0.3) is 5.65 Å². The third-order valence-electron chi connectivity index (χ3n) is 5.81. The predicted molar refractivity (Wildman–Crippen MR) is 110 cm³/mol. The summed E-state index contributed by atoms with van der Waals surface area (Å²) in [5, 5.41) is 20.0. The zero-order valence-corrected chi connectivity index (χ0v) is 16.6. The molecule has 0 unspecified atom stereocenters. The van der Waals surface area contributed by atoms with Crippen LogP contribution in [-0.2, 0) is 15.0 Å². The third-order valence-corrected chi connectivity index (χ3v) is 5.81. The minimum absolute atomic E-state index is 0.0326. The molecule has 2 aliphatic rings. The number of rotatable bonds is 4. The van der Waals surface area contributed by atoms with Crippen molar-refractivity contribution < 1.29 is 14.7 Å². The van der Waals surface area contributed by atoms with Gasteiger partial charge in [0.15, 0.2) is 11.5 Å². The zero-order chi connectivity index (χ0) is 21.0. The molecule has 4 heterocycles. The molecule has 2 aromatic heterocycles. The second kappa shape index (κ2) is 6.41. The van der Waals surface area contributed by atoms with E-state index in [1.54, 1.807) is 21.8 Å². The molecular weight excluding hydrogens is 386 g/mol. The van der Waals surface area contributed by atoms with Crippen molar-refractivity contribution in [3.8, 4) is 0 Å². The van der Waals surface area contributed by atoms with E-state index in [0.29, 0.717) is 30.4 Å². The summed E-state index contributed by atoms with van der Waals surface area (Å²) >= 11 is 0. The van der Waals surface area contributed by atoms with E-state index in [2.05, 4.69) is 25.7 Å². The van der Waals surface area contributed by atoms with Crippen LogP contribution in [0.15, 0.2) is 30.6 Å². The van der Waals surface area contributed by atoms with Gasteiger partial charge in [-0.25, -0.2) is 14.3 Å². The number of amides is 1. The van der Waals surface area contributed by atoms with Crippen LogP contribution in [0.2, 0.25) is 0 Å². The molecule has 2 aliphatic heterocycles. The average Bonchev–Trinajstić information content (AvgIpc) is 3.38. The zero-order valence-electron chi connectivity index (χ0n) is 16.6. The van der Waals surface area contributed by atoms with E-state index in [4.69, 9.17) is 0 Å². The van der Waals surface area contributed by atoms with Crippen LogP contribution in [0.3, 0.4) is 0 Å². The molecule has 3 N–H and O–H groups in total. The Labute approximate surface area is 171 Å². The summed E-state index contributed by atoms with van der Waals surface area (Å²) in [5.74, 6) is -0.0307. The topological polar surface area (TPSA) is 125 Å². The van der Waals surface area contributed by atoms with Crippen molar-refractivity contribution in [3.63, 3.8) is 0 Å². The maximum Gasteiger partial charge on any atom is 0.326 e. The first-order valence-corrected chi connectivity index (χ1v) is 9.78. The van der Waals surface area contributed by atoms with Crippen molar-refractivity contribution >= 4 is 40.7 Å². The standard InChI is InChI=1S/C20H21N7O3/c1-20(2)12-6-5-11(10-13(12)23-18(20)30)22-19-24-16-15(21-7-9-27(16)25-19)26-8-3-4-14(26)17(28)29/h5-7,9-10,14H,3-4,8H2,1-2H3,(H,22,25)(H,23,30)(H,28,29)/t14-/m1/s1. The molecule has 5 rings (SSSR count). The van der Waals surface area contributed by atoms with Crippen molar-refractivity contribution in [2.24, 2.45) is 0 Å². The van der Waals surface area contributed by atoms with Crippen LogP contribution in [0.1, 0.15) is 32.3 Å². The van der Waals surface area contributed by atoms with Crippen LogP contribution in [-0.4, -0.2) is 49.2 Å². The molecular formula is C20H21N7O3. The van der Waals surface area contributed by atoms with Crippen molar-refractivity contribution in [2.75, 3.05) is 22.1 Å². The Hall–Kier alpha value is -3.69. The van der Waals surface area contributed by atoms with Gasteiger partial charge >= 0.3 is 5.97 Å². The fraction of sp³-hybridized carbons (Fsp3) is 0.350. The van der Waals surface area contributed by atoms with Gasteiger partial charge in [0.2, 0.25) is 11.9 Å². The first-order valence-electron chi connectivity index (χ1n) is 9.78. The molecule has 1 fully saturated rings. The number of aliphatic carboxylic acids is 1. The number of carbonyl (C=O) groups is 2. The fourth-order valence-electron chi connectivity index (χ4n) is 4.14. The summed E-state index contributed by atoms with van der Waals surface area (Å²) in [4.78, 5) is 34.4. The van der Waals surface area contributed by atoms with E-state index in [-0.39, 0.29) is 5.91 Å². The second-order valence-corrected chi connectivity index (χ2v) is 8.11. The van der Waals surface area contributed by atoms with Crippen molar-refractivity contribution in [1.29, 1.82) is 0 Å².